The van der Waals surface area contributed by atoms with Gasteiger partial charge in [0.2, 0.25) is 0 Å². The highest BCUT2D eigenvalue weighted by molar-refractivity contribution is 6.77. The third kappa shape index (κ3) is 6.43. The second kappa shape index (κ2) is 13.5. The molecule has 0 radical (unpaired) electrons. The van der Waals surface area contributed by atoms with Crippen LogP contribution in [0.25, 0.3) is 33.0 Å². The summed E-state index contributed by atoms with van der Waals surface area (Å²) in [7, 11) is -1.90. The summed E-state index contributed by atoms with van der Waals surface area (Å²) < 4.78 is 14.5. The van der Waals surface area contributed by atoms with Crippen molar-refractivity contribution in [2.45, 2.75) is 110 Å². The highest BCUT2D eigenvalue weighted by Crippen LogP contribution is 2.43. The molecule has 4 heterocycles. The largest absolute Gasteiger partial charge is 0.444 e. The van der Waals surface area contributed by atoms with E-state index >= 15 is 0 Å². The van der Waals surface area contributed by atoms with Gasteiger partial charge in [0, 0.05) is 59.5 Å². The van der Waals surface area contributed by atoms with Gasteiger partial charge in [-0.1, -0.05) is 71.9 Å². The number of hydrogen-bond acceptors (Lipinski definition) is 5. The number of nitrogens with one attached hydrogen (secondary N) is 2. The van der Waals surface area contributed by atoms with E-state index in [0.29, 0.717) is 58.5 Å². The average molecular weight is 697 g/mol. The normalized spacial score (nSPS) is 15.7. The molecule has 0 bridgehead atoms. The molecule has 2 aromatic heterocycles. The van der Waals surface area contributed by atoms with Crippen molar-refractivity contribution in [1.29, 1.82) is 0 Å². The molecule has 0 saturated carbocycles. The van der Waals surface area contributed by atoms with Crippen molar-refractivity contribution >= 4 is 59.2 Å². The minimum Gasteiger partial charge on any atom is -0.444 e. The van der Waals surface area contributed by atoms with Crippen molar-refractivity contribution < 1.29 is 23.5 Å². The second-order valence-electron chi connectivity index (χ2n) is 15.8. The molecule has 4 aromatic rings. The molecule has 2 aromatic carbocycles. The van der Waals surface area contributed by atoms with Gasteiger partial charge in [-0.3, -0.25) is 14.9 Å². The number of ether oxygens (including phenoxy) is 1. The van der Waals surface area contributed by atoms with Crippen molar-refractivity contribution in [1.82, 2.24) is 19.8 Å². The Labute approximate surface area is 296 Å². The van der Waals surface area contributed by atoms with E-state index in [1.807, 2.05) is 51.4 Å². The molecule has 0 atom stereocenters. The molecule has 0 unspecified atom stereocenters. The van der Waals surface area contributed by atoms with Crippen molar-refractivity contribution in [3.8, 4) is 0 Å². The number of aryl methyl sites for hydroxylation is 1. The van der Waals surface area contributed by atoms with Crippen molar-refractivity contribution in [3.05, 3.63) is 71.0 Å². The van der Waals surface area contributed by atoms with Crippen molar-refractivity contribution in [2.24, 2.45) is 0 Å². The molecular weight excluding hydrogens is 645 g/mol. The number of carbonyl (C=O) groups excluding carboxylic acids is 3. The Morgan fingerprint density at radius 2 is 1.58 bits per heavy atom. The molecule has 10 heteroatoms. The van der Waals surface area contributed by atoms with Crippen LogP contribution in [0.1, 0.15) is 91.0 Å². The fraction of sp³-hybridized carbons (Fsp3) is 0.475. The standard InChI is InChI=1S/C40H52N4O5Si/c1-24(2)50(25(3)4,26(5)6)48-19-11-12-27-15-16-29-31(21-41-33(29)20-27)34-35(38(46)42-37(34)45)32-23-43-17-18-44(39(47)49-40(7,8)9)22-28-13-10-14-30(32)36(28)43/h10,13-16,20-21,23-26,41H,11-12,17-19,22H2,1-9H3,(H,42,45,46). The van der Waals surface area contributed by atoms with E-state index in [-0.39, 0.29) is 6.09 Å². The van der Waals surface area contributed by atoms with Gasteiger partial charge in [0.1, 0.15) is 5.60 Å². The molecule has 0 fully saturated rings. The fourth-order valence-corrected chi connectivity index (χ4v) is 14.0. The lowest BCUT2D eigenvalue weighted by atomic mass is 9.94. The predicted molar refractivity (Wildman–Crippen MR) is 202 cm³/mol. The Hall–Kier alpha value is -4.15. The molecule has 0 aliphatic carbocycles. The van der Waals surface area contributed by atoms with Crippen molar-refractivity contribution in [3.63, 3.8) is 0 Å². The van der Waals surface area contributed by atoms with Gasteiger partial charge in [-0.2, -0.15) is 0 Å². The first-order chi connectivity index (χ1) is 23.6. The van der Waals surface area contributed by atoms with E-state index < -0.39 is 25.7 Å². The van der Waals surface area contributed by atoms with Crippen LogP contribution in [0.3, 0.4) is 0 Å². The minimum atomic E-state index is -1.90. The number of hydrogen-bond donors (Lipinski definition) is 2. The Morgan fingerprint density at radius 1 is 0.900 bits per heavy atom. The number of rotatable bonds is 10. The van der Waals surface area contributed by atoms with E-state index in [2.05, 4.69) is 74.6 Å². The van der Waals surface area contributed by atoms with Crippen LogP contribution < -0.4 is 5.32 Å². The van der Waals surface area contributed by atoms with Crippen LogP contribution in [-0.4, -0.2) is 59.4 Å². The minimum absolute atomic E-state index is 0.353. The first-order valence-electron chi connectivity index (χ1n) is 18.1. The predicted octanol–water partition coefficient (Wildman–Crippen LogP) is 8.57. The van der Waals surface area contributed by atoms with Crippen LogP contribution in [0.4, 0.5) is 4.79 Å². The molecule has 9 nitrogen and oxygen atoms in total. The quantitative estimate of drug-likeness (QED) is 0.0982. The monoisotopic (exact) mass is 696 g/mol. The number of carbonyl (C=O) groups is 3. The van der Waals surface area contributed by atoms with Crippen molar-refractivity contribution in [2.75, 3.05) is 13.2 Å². The summed E-state index contributed by atoms with van der Waals surface area (Å²) in [5.41, 5.74) is 7.27. The lowest BCUT2D eigenvalue weighted by Crippen LogP contribution is -2.48. The summed E-state index contributed by atoms with van der Waals surface area (Å²) in [5, 5.41) is 4.34. The molecule has 2 aliphatic rings. The Balaban J connectivity index is 1.28. The molecule has 266 valence electrons. The van der Waals surface area contributed by atoms with E-state index in [4.69, 9.17) is 9.16 Å². The average Bonchev–Trinajstić information content (AvgIpc) is 3.65. The highest BCUT2D eigenvalue weighted by atomic mass is 28.4. The van der Waals surface area contributed by atoms with Gasteiger partial charge in [0.25, 0.3) is 11.8 Å². The van der Waals surface area contributed by atoms with Crippen LogP contribution >= 0.6 is 0 Å². The third-order valence-corrected chi connectivity index (χ3v) is 16.6. The van der Waals surface area contributed by atoms with E-state index in [1.54, 1.807) is 4.90 Å². The number of fused-ring (bicyclic) bond motifs is 1. The zero-order chi connectivity index (χ0) is 36.1. The maximum Gasteiger partial charge on any atom is 0.410 e. The third-order valence-electron chi connectivity index (χ3n) is 10.5. The highest BCUT2D eigenvalue weighted by Gasteiger charge is 2.45. The zero-order valence-corrected chi connectivity index (χ0v) is 32.0. The maximum absolute atomic E-state index is 13.5. The number of imide groups is 1. The molecule has 2 N–H and O–H groups in total. The number of benzene rings is 2. The number of aromatic nitrogens is 2. The van der Waals surface area contributed by atoms with Gasteiger partial charge in [-0.05, 0) is 67.4 Å². The summed E-state index contributed by atoms with van der Waals surface area (Å²) in [6.07, 6.45) is 5.27. The van der Waals surface area contributed by atoms with E-state index in [9.17, 15) is 14.4 Å². The Morgan fingerprint density at radius 3 is 2.24 bits per heavy atom. The van der Waals surface area contributed by atoms with Crippen LogP contribution in [-0.2, 0) is 38.3 Å². The lowest BCUT2D eigenvalue weighted by Gasteiger charge is -2.42. The first-order valence-corrected chi connectivity index (χ1v) is 20.2. The Kier molecular flexibility index (Phi) is 9.65. The lowest BCUT2D eigenvalue weighted by molar-refractivity contribution is -0.122. The number of amides is 3. The summed E-state index contributed by atoms with van der Waals surface area (Å²) in [6, 6.07) is 12.2. The fourth-order valence-electron chi connectivity index (χ4n) is 8.47. The smallest absolute Gasteiger partial charge is 0.410 e. The number of aromatic amines is 1. The molecule has 50 heavy (non-hydrogen) atoms. The van der Waals surface area contributed by atoms with Crippen LogP contribution in [0.2, 0.25) is 16.6 Å². The molecule has 2 aliphatic heterocycles. The van der Waals surface area contributed by atoms with Gasteiger partial charge in [0.15, 0.2) is 8.32 Å². The number of para-hydroxylation sites is 1. The molecule has 0 spiro atoms. The molecule has 3 amide bonds. The van der Waals surface area contributed by atoms with Crippen LogP contribution in [0.15, 0.2) is 48.8 Å². The summed E-state index contributed by atoms with van der Waals surface area (Å²) in [4.78, 5) is 45.1. The summed E-state index contributed by atoms with van der Waals surface area (Å²) >= 11 is 0. The summed E-state index contributed by atoms with van der Waals surface area (Å²) in [6.45, 7) is 21.6. The van der Waals surface area contributed by atoms with Crippen LogP contribution in [0, 0.1) is 0 Å². The topological polar surface area (TPSA) is 106 Å². The zero-order valence-electron chi connectivity index (χ0n) is 31.0. The Bertz CT molecular complexity index is 1970. The molecular formula is C40H52N4O5Si. The maximum atomic E-state index is 13.5. The summed E-state index contributed by atoms with van der Waals surface area (Å²) in [5.74, 6) is -0.808. The van der Waals surface area contributed by atoms with Gasteiger partial charge in [-0.15, -0.1) is 0 Å². The van der Waals surface area contributed by atoms with Gasteiger partial charge >= 0.3 is 6.09 Å². The van der Waals surface area contributed by atoms with Gasteiger partial charge in [-0.25, -0.2) is 4.79 Å². The SMILES string of the molecule is CC(C)[Si](OCCCc1ccc2c(C3=C(c4cn5c6c(cccc46)CN(C(=O)OC(C)(C)C)CC5)C(=O)NC3=O)c[nH]c2c1)(C(C)C)C(C)C. The van der Waals surface area contributed by atoms with Gasteiger partial charge in [0.05, 0.1) is 23.2 Å². The van der Waals surface area contributed by atoms with Crippen LogP contribution in [0.5, 0.6) is 0 Å². The van der Waals surface area contributed by atoms with E-state index in [0.717, 1.165) is 46.8 Å². The van der Waals surface area contributed by atoms with Gasteiger partial charge < -0.3 is 23.6 Å². The van der Waals surface area contributed by atoms with E-state index in [1.165, 1.54) is 5.56 Å². The number of nitrogens with zero attached hydrogens (tertiary/aromatic N) is 2. The molecule has 6 rings (SSSR count). The number of H-pyrrole nitrogens is 1. The first kappa shape index (κ1) is 35.7. The molecule has 0 saturated heterocycles. The second-order valence-corrected chi connectivity index (χ2v) is 21.3.